The van der Waals surface area contributed by atoms with E-state index in [0.717, 1.165) is 6.26 Å². The summed E-state index contributed by atoms with van der Waals surface area (Å²) in [7, 11) is -5.25. The van der Waals surface area contributed by atoms with E-state index >= 15 is 0 Å². The Labute approximate surface area is 254 Å². The Bertz CT molecular complexity index is 1600. The number of carbonyl (C=O) groups is 1. The lowest BCUT2D eigenvalue weighted by atomic mass is 10.1. The highest BCUT2D eigenvalue weighted by Crippen LogP contribution is 2.28. The molecule has 2 aliphatic heterocycles. The van der Waals surface area contributed by atoms with Gasteiger partial charge in [0.2, 0.25) is 20.0 Å². The Balaban J connectivity index is 0.000000241. The highest BCUT2D eigenvalue weighted by molar-refractivity contribution is 7.88. The maximum atomic E-state index is 11.9. The molecule has 0 aromatic heterocycles. The molecule has 0 spiro atoms. The van der Waals surface area contributed by atoms with Crippen LogP contribution in [0.25, 0.3) is 0 Å². The summed E-state index contributed by atoms with van der Waals surface area (Å²) in [6, 6.07) is 8.30. The van der Waals surface area contributed by atoms with Crippen molar-refractivity contribution >= 4 is 48.8 Å². The molecule has 0 saturated carbocycles. The number of aliphatic hydroxyl groups excluding tert-OH is 1. The second kappa shape index (κ2) is 14.2. The molecule has 44 heavy (non-hydrogen) atoms. The summed E-state index contributed by atoms with van der Waals surface area (Å²) >= 11 is 0. The predicted octanol–water partition coefficient (Wildman–Crippen LogP) is 0.632. The van der Waals surface area contributed by atoms with Gasteiger partial charge in [0.25, 0.3) is 11.4 Å². The minimum atomic E-state index is -3.25. The minimum absolute atomic E-state index is 0.0717. The number of benzene rings is 2. The molecule has 19 heteroatoms. The molecule has 0 unspecified atom stereocenters. The van der Waals surface area contributed by atoms with Crippen LogP contribution in [0.5, 0.6) is 0 Å². The normalized spacial score (nSPS) is 16.5. The van der Waals surface area contributed by atoms with Crippen LogP contribution < -0.4 is 9.80 Å². The van der Waals surface area contributed by atoms with Crippen LogP contribution in [0.1, 0.15) is 15.9 Å². The van der Waals surface area contributed by atoms with Gasteiger partial charge in [0, 0.05) is 87.9 Å². The number of sulfonamides is 2. The van der Waals surface area contributed by atoms with E-state index in [4.69, 9.17) is 0 Å². The van der Waals surface area contributed by atoms with Crippen molar-refractivity contribution < 1.29 is 41.3 Å². The quantitative estimate of drug-likeness (QED) is 0.234. The van der Waals surface area contributed by atoms with Gasteiger partial charge in [0.15, 0.2) is 0 Å². The first-order valence-electron chi connectivity index (χ1n) is 13.2. The Morgan fingerprint density at radius 1 is 0.773 bits per heavy atom. The molecule has 2 fully saturated rings. The molecule has 17 nitrogen and oxygen atoms in total. The number of hydrogen-bond donors (Lipinski definition) is 1. The van der Waals surface area contributed by atoms with Crippen LogP contribution in [0.2, 0.25) is 0 Å². The average molecular weight is 659 g/mol. The van der Waals surface area contributed by atoms with Gasteiger partial charge in [0.05, 0.1) is 47.3 Å². The summed E-state index contributed by atoms with van der Waals surface area (Å²) < 4.78 is 53.4. The van der Waals surface area contributed by atoms with Crippen molar-refractivity contribution in [2.75, 3.05) is 81.8 Å². The molecule has 0 radical (unpaired) electrons. The van der Waals surface area contributed by atoms with E-state index in [-0.39, 0.29) is 36.6 Å². The van der Waals surface area contributed by atoms with Gasteiger partial charge in [-0.25, -0.2) is 21.6 Å². The fourth-order valence-corrected chi connectivity index (χ4v) is 6.48. The molecule has 4 rings (SSSR count). The zero-order valence-electron chi connectivity index (χ0n) is 24.4. The van der Waals surface area contributed by atoms with Crippen LogP contribution in [0.3, 0.4) is 0 Å². The van der Waals surface area contributed by atoms with Gasteiger partial charge >= 0.3 is 5.97 Å². The summed E-state index contributed by atoms with van der Waals surface area (Å²) in [6.45, 7) is 2.73. The summed E-state index contributed by atoms with van der Waals surface area (Å²) in [6.07, 6.45) is 2.32. The van der Waals surface area contributed by atoms with Crippen LogP contribution >= 0.6 is 0 Å². The average Bonchev–Trinajstić information content (AvgIpc) is 2.99. The third-order valence-corrected chi connectivity index (χ3v) is 9.74. The lowest BCUT2D eigenvalue weighted by Gasteiger charge is -2.35. The number of ether oxygens (including phenoxy) is 1. The molecule has 1 N–H and O–H groups in total. The minimum Gasteiger partial charge on any atom is -0.465 e. The van der Waals surface area contributed by atoms with Gasteiger partial charge < -0.3 is 19.6 Å². The monoisotopic (exact) mass is 658 g/mol. The van der Waals surface area contributed by atoms with E-state index < -0.39 is 35.9 Å². The second-order valence-corrected chi connectivity index (χ2v) is 13.9. The molecule has 0 bridgehead atoms. The van der Waals surface area contributed by atoms with E-state index in [1.165, 1.54) is 52.3 Å². The molecule has 2 aromatic rings. The molecule has 2 heterocycles. The molecule has 2 aromatic carbocycles. The fourth-order valence-electron chi connectivity index (χ4n) is 4.83. The summed E-state index contributed by atoms with van der Waals surface area (Å²) in [4.78, 5) is 36.2. The van der Waals surface area contributed by atoms with Crippen LogP contribution in [-0.2, 0) is 31.4 Å². The highest BCUT2D eigenvalue weighted by atomic mass is 32.2. The first-order valence-corrected chi connectivity index (χ1v) is 16.9. The van der Waals surface area contributed by atoms with Gasteiger partial charge in [-0.1, -0.05) is 0 Å². The molecular formula is C25H34N6O11S2. The smallest absolute Gasteiger partial charge is 0.340 e. The van der Waals surface area contributed by atoms with Crippen molar-refractivity contribution in [3.63, 3.8) is 0 Å². The number of rotatable bonds is 8. The second-order valence-electron chi connectivity index (χ2n) is 9.98. The fraction of sp³-hybridized carbons (Fsp3) is 0.480. The number of anilines is 2. The number of carbonyl (C=O) groups excluding carboxylic acids is 1. The van der Waals surface area contributed by atoms with E-state index in [1.807, 2.05) is 9.80 Å². The number of methoxy groups -OCH3 is 1. The lowest BCUT2D eigenvalue weighted by Crippen LogP contribution is -2.48. The largest absolute Gasteiger partial charge is 0.465 e. The Hall–Kier alpha value is -3.91. The molecule has 0 amide bonds. The number of piperazine rings is 2. The third-order valence-electron chi connectivity index (χ3n) is 7.14. The van der Waals surface area contributed by atoms with Crippen molar-refractivity contribution in [2.45, 2.75) is 6.61 Å². The number of nitro benzene ring substituents is 2. The van der Waals surface area contributed by atoms with Crippen molar-refractivity contribution in [1.29, 1.82) is 0 Å². The van der Waals surface area contributed by atoms with Crippen molar-refractivity contribution in [3.05, 3.63) is 67.8 Å². The van der Waals surface area contributed by atoms with E-state index in [1.54, 1.807) is 6.07 Å². The van der Waals surface area contributed by atoms with Gasteiger partial charge in [-0.2, -0.15) is 8.61 Å². The van der Waals surface area contributed by atoms with Crippen molar-refractivity contribution in [1.82, 2.24) is 8.61 Å². The highest BCUT2D eigenvalue weighted by Gasteiger charge is 2.28. The number of nitro groups is 2. The Kier molecular flexibility index (Phi) is 11.2. The third kappa shape index (κ3) is 8.59. The van der Waals surface area contributed by atoms with Crippen molar-refractivity contribution in [2.24, 2.45) is 0 Å². The topological polar surface area (TPSA) is 214 Å². The number of hydrogen-bond acceptors (Lipinski definition) is 13. The van der Waals surface area contributed by atoms with E-state index in [2.05, 4.69) is 4.74 Å². The number of nitrogens with zero attached hydrogens (tertiary/aromatic N) is 6. The maximum Gasteiger partial charge on any atom is 0.340 e. The van der Waals surface area contributed by atoms with E-state index in [9.17, 15) is 47.0 Å². The Morgan fingerprint density at radius 3 is 1.57 bits per heavy atom. The predicted molar refractivity (Wildman–Crippen MR) is 161 cm³/mol. The van der Waals surface area contributed by atoms with Gasteiger partial charge in [0.1, 0.15) is 0 Å². The molecule has 0 atom stereocenters. The summed E-state index contributed by atoms with van der Waals surface area (Å²) in [5.74, 6) is -0.672. The van der Waals surface area contributed by atoms with Crippen LogP contribution in [0.4, 0.5) is 22.7 Å². The first-order chi connectivity index (χ1) is 20.6. The maximum absolute atomic E-state index is 11.9. The van der Waals surface area contributed by atoms with E-state index in [0.29, 0.717) is 56.2 Å². The molecule has 0 aliphatic carbocycles. The van der Waals surface area contributed by atoms with Gasteiger partial charge in [-0.05, 0) is 12.1 Å². The summed E-state index contributed by atoms with van der Waals surface area (Å²) in [5.41, 5.74) is 1.49. The van der Waals surface area contributed by atoms with Crippen LogP contribution in [0, 0.1) is 20.2 Å². The zero-order chi connectivity index (χ0) is 32.8. The molecule has 2 saturated heterocycles. The first kappa shape index (κ1) is 34.6. The molecule has 242 valence electrons. The summed E-state index contributed by atoms with van der Waals surface area (Å²) in [5, 5.41) is 31.0. The van der Waals surface area contributed by atoms with Crippen LogP contribution in [0.15, 0.2) is 36.4 Å². The lowest BCUT2D eigenvalue weighted by molar-refractivity contribution is -0.385. The van der Waals surface area contributed by atoms with Crippen molar-refractivity contribution in [3.8, 4) is 0 Å². The van der Waals surface area contributed by atoms with Gasteiger partial charge in [-0.15, -0.1) is 0 Å². The SMILES string of the molecule is COC(=O)c1cc([N+](=O)[O-])ccc1N1CCN(S(C)(=O)=O)CC1.CS(=O)(=O)N1CCN(c2ccc([N+](=O)[O-])cc2CO)CC1. The number of esters is 1. The van der Waals surface area contributed by atoms with Crippen LogP contribution in [-0.4, -0.2) is 118 Å². The number of aliphatic hydroxyl groups is 1. The zero-order valence-corrected chi connectivity index (χ0v) is 26.0. The van der Waals surface area contributed by atoms with Gasteiger partial charge in [-0.3, -0.25) is 20.2 Å². The Morgan fingerprint density at radius 2 is 1.18 bits per heavy atom. The standard InChI is InChI=1S/C13H17N3O6S.C12H17N3O5S/c1-22-13(17)11-9-10(16(18)19)3-4-12(11)14-5-7-15(8-6-14)23(2,20)21;1-21(19,20)14-6-4-13(5-7-14)12-3-2-11(15(17)18)8-10(12)9-16/h3-4,9H,5-8H2,1-2H3;2-3,8,16H,4-7,9H2,1H3. The molecular weight excluding hydrogens is 624 g/mol. The number of non-ortho nitro benzene ring substituents is 2. The molecule has 2 aliphatic rings.